The minimum atomic E-state index is -0.233. The van der Waals surface area contributed by atoms with Crippen molar-refractivity contribution in [3.63, 3.8) is 0 Å². The highest BCUT2D eigenvalue weighted by atomic mass is 16.5. The van der Waals surface area contributed by atoms with Gasteiger partial charge in [0.25, 0.3) is 5.91 Å². The summed E-state index contributed by atoms with van der Waals surface area (Å²) >= 11 is 0. The Labute approximate surface area is 99.0 Å². The van der Waals surface area contributed by atoms with E-state index in [9.17, 15) is 4.79 Å². The lowest BCUT2D eigenvalue weighted by Gasteiger charge is -2.12. The zero-order valence-electron chi connectivity index (χ0n) is 9.68. The van der Waals surface area contributed by atoms with E-state index in [0.717, 1.165) is 11.4 Å². The van der Waals surface area contributed by atoms with E-state index in [-0.39, 0.29) is 5.91 Å². The van der Waals surface area contributed by atoms with E-state index in [1.165, 1.54) is 12.5 Å². The molecule has 0 aliphatic carbocycles. The second kappa shape index (κ2) is 4.69. The average molecular weight is 231 g/mol. The van der Waals surface area contributed by atoms with E-state index in [1.54, 1.807) is 0 Å². The third kappa shape index (κ3) is 2.63. The number of nitrogens with one attached hydrogen (secondary N) is 1. The maximum atomic E-state index is 11.7. The van der Waals surface area contributed by atoms with Crippen molar-refractivity contribution >= 4 is 17.3 Å². The number of carbonyl (C=O) groups is 1. The standard InChI is InChI=1S/C12H13N3O2/c1-15(2)11-5-3-10(4-6-11)14-12(16)9-7-13-17-8-9/h3-8H,1-2H3,(H,14,16). The molecule has 88 valence electrons. The van der Waals surface area contributed by atoms with E-state index in [2.05, 4.69) is 15.0 Å². The Morgan fingerprint density at radius 3 is 2.53 bits per heavy atom. The van der Waals surface area contributed by atoms with E-state index < -0.39 is 0 Å². The zero-order valence-corrected chi connectivity index (χ0v) is 9.68. The van der Waals surface area contributed by atoms with Crippen LogP contribution in [0.3, 0.4) is 0 Å². The third-order valence-electron chi connectivity index (χ3n) is 2.34. The molecule has 0 unspecified atom stereocenters. The van der Waals surface area contributed by atoms with Crippen LogP contribution in [0, 0.1) is 0 Å². The fraction of sp³-hybridized carbons (Fsp3) is 0.167. The first-order chi connectivity index (χ1) is 8.16. The molecule has 1 N–H and O–H groups in total. The summed E-state index contributed by atoms with van der Waals surface area (Å²) in [5.41, 5.74) is 2.22. The molecule has 1 amide bonds. The summed E-state index contributed by atoms with van der Waals surface area (Å²) < 4.78 is 4.61. The van der Waals surface area contributed by atoms with Crippen molar-refractivity contribution < 1.29 is 9.32 Å². The van der Waals surface area contributed by atoms with E-state index in [1.807, 2.05) is 43.3 Å². The van der Waals surface area contributed by atoms with Crippen LogP contribution in [0.25, 0.3) is 0 Å². The molecular weight excluding hydrogens is 218 g/mol. The monoisotopic (exact) mass is 231 g/mol. The van der Waals surface area contributed by atoms with Crippen LogP contribution >= 0.6 is 0 Å². The summed E-state index contributed by atoms with van der Waals surface area (Å²) in [6.07, 6.45) is 2.69. The molecule has 0 saturated heterocycles. The molecule has 0 fully saturated rings. The molecule has 0 bridgehead atoms. The molecule has 2 rings (SSSR count). The molecule has 0 saturated carbocycles. The topological polar surface area (TPSA) is 58.4 Å². The third-order valence-corrected chi connectivity index (χ3v) is 2.34. The summed E-state index contributed by atoms with van der Waals surface area (Å²) in [5.74, 6) is -0.233. The number of aromatic nitrogens is 1. The largest absolute Gasteiger partial charge is 0.378 e. The first kappa shape index (κ1) is 11.2. The molecule has 17 heavy (non-hydrogen) atoms. The highest BCUT2D eigenvalue weighted by molar-refractivity contribution is 6.03. The number of benzene rings is 1. The summed E-state index contributed by atoms with van der Waals surface area (Å²) in [4.78, 5) is 13.7. The Morgan fingerprint density at radius 2 is 2.00 bits per heavy atom. The van der Waals surface area contributed by atoms with Gasteiger partial charge in [-0.2, -0.15) is 0 Å². The van der Waals surface area contributed by atoms with Crippen molar-refractivity contribution in [2.75, 3.05) is 24.3 Å². The maximum absolute atomic E-state index is 11.7. The zero-order chi connectivity index (χ0) is 12.3. The predicted octanol–water partition coefficient (Wildman–Crippen LogP) is 1.99. The fourth-order valence-electron chi connectivity index (χ4n) is 1.36. The average Bonchev–Trinajstić information content (AvgIpc) is 2.83. The second-order valence-corrected chi connectivity index (χ2v) is 3.81. The molecule has 1 heterocycles. The van der Waals surface area contributed by atoms with Crippen LogP contribution in [0.15, 0.2) is 41.2 Å². The Kier molecular flexibility index (Phi) is 3.09. The molecule has 1 aromatic carbocycles. The summed E-state index contributed by atoms with van der Waals surface area (Å²) in [6.45, 7) is 0. The molecule has 1 aromatic heterocycles. The van der Waals surface area contributed by atoms with Crippen molar-refractivity contribution in [2.24, 2.45) is 0 Å². The van der Waals surface area contributed by atoms with Gasteiger partial charge in [-0.15, -0.1) is 0 Å². The first-order valence-electron chi connectivity index (χ1n) is 5.15. The molecule has 0 spiro atoms. The van der Waals surface area contributed by atoms with Gasteiger partial charge in [-0.05, 0) is 24.3 Å². The summed E-state index contributed by atoms with van der Waals surface area (Å²) in [5, 5.41) is 6.23. The van der Waals surface area contributed by atoms with Gasteiger partial charge in [0.15, 0.2) is 0 Å². The van der Waals surface area contributed by atoms with E-state index in [0.29, 0.717) is 5.56 Å². The Morgan fingerprint density at radius 1 is 1.29 bits per heavy atom. The van der Waals surface area contributed by atoms with Crippen LogP contribution in [0.1, 0.15) is 10.4 Å². The Bertz CT molecular complexity index is 489. The van der Waals surface area contributed by atoms with Crippen molar-refractivity contribution in [1.29, 1.82) is 0 Å². The van der Waals surface area contributed by atoms with Gasteiger partial charge in [-0.3, -0.25) is 4.79 Å². The van der Waals surface area contributed by atoms with Crippen LogP contribution in [-0.4, -0.2) is 25.2 Å². The SMILES string of the molecule is CN(C)c1ccc(NC(=O)c2cnoc2)cc1. The molecular formula is C12H13N3O2. The lowest BCUT2D eigenvalue weighted by molar-refractivity contribution is 0.102. The van der Waals surface area contributed by atoms with Gasteiger partial charge in [0.1, 0.15) is 6.26 Å². The first-order valence-corrected chi connectivity index (χ1v) is 5.15. The summed E-state index contributed by atoms with van der Waals surface area (Å²) in [7, 11) is 3.93. The Balaban J connectivity index is 2.07. The quantitative estimate of drug-likeness (QED) is 0.877. The van der Waals surface area contributed by atoms with Crippen LogP contribution in [0.4, 0.5) is 11.4 Å². The molecule has 0 radical (unpaired) electrons. The van der Waals surface area contributed by atoms with E-state index in [4.69, 9.17) is 0 Å². The minimum Gasteiger partial charge on any atom is -0.378 e. The molecule has 0 atom stereocenters. The predicted molar refractivity (Wildman–Crippen MR) is 65.2 cm³/mol. The number of rotatable bonds is 3. The van der Waals surface area contributed by atoms with Crippen LogP contribution in [0.5, 0.6) is 0 Å². The second-order valence-electron chi connectivity index (χ2n) is 3.81. The van der Waals surface area contributed by atoms with Gasteiger partial charge in [-0.1, -0.05) is 5.16 Å². The van der Waals surface area contributed by atoms with Gasteiger partial charge >= 0.3 is 0 Å². The summed E-state index contributed by atoms with van der Waals surface area (Å²) in [6, 6.07) is 7.56. The van der Waals surface area contributed by atoms with Crippen molar-refractivity contribution in [3.05, 3.63) is 42.3 Å². The number of nitrogens with zero attached hydrogens (tertiary/aromatic N) is 2. The number of hydrogen-bond donors (Lipinski definition) is 1. The maximum Gasteiger partial charge on any atom is 0.260 e. The van der Waals surface area contributed by atoms with Crippen molar-refractivity contribution in [2.45, 2.75) is 0 Å². The van der Waals surface area contributed by atoms with Crippen LogP contribution < -0.4 is 10.2 Å². The Hall–Kier alpha value is -2.30. The number of carbonyl (C=O) groups excluding carboxylic acids is 1. The molecule has 0 aliphatic heterocycles. The van der Waals surface area contributed by atoms with Crippen LogP contribution in [0.2, 0.25) is 0 Å². The minimum absolute atomic E-state index is 0.233. The number of anilines is 2. The van der Waals surface area contributed by atoms with Crippen molar-refractivity contribution in [3.8, 4) is 0 Å². The normalized spacial score (nSPS) is 10.0. The van der Waals surface area contributed by atoms with Crippen molar-refractivity contribution in [1.82, 2.24) is 5.16 Å². The lowest BCUT2D eigenvalue weighted by Crippen LogP contribution is -2.11. The number of amides is 1. The molecule has 5 heteroatoms. The van der Waals surface area contributed by atoms with Crippen LogP contribution in [-0.2, 0) is 0 Å². The molecule has 5 nitrogen and oxygen atoms in total. The highest BCUT2D eigenvalue weighted by Crippen LogP contribution is 2.16. The van der Waals surface area contributed by atoms with Gasteiger partial charge < -0.3 is 14.7 Å². The van der Waals surface area contributed by atoms with Gasteiger partial charge in [0.2, 0.25) is 0 Å². The molecule has 0 aliphatic rings. The highest BCUT2D eigenvalue weighted by Gasteiger charge is 2.07. The molecule has 2 aromatic rings. The van der Waals surface area contributed by atoms with E-state index >= 15 is 0 Å². The fourth-order valence-corrected chi connectivity index (χ4v) is 1.36. The lowest BCUT2D eigenvalue weighted by atomic mass is 10.2. The van der Waals surface area contributed by atoms with Gasteiger partial charge in [0.05, 0.1) is 11.8 Å². The number of hydrogen-bond acceptors (Lipinski definition) is 4. The smallest absolute Gasteiger partial charge is 0.260 e. The van der Waals surface area contributed by atoms with Gasteiger partial charge in [-0.25, -0.2) is 0 Å². The van der Waals surface area contributed by atoms with Gasteiger partial charge in [0, 0.05) is 25.5 Å².